The number of ether oxygens (including phenoxy) is 2. The van der Waals surface area contributed by atoms with E-state index >= 15 is 0 Å². The molecule has 0 aliphatic carbocycles. The predicted molar refractivity (Wildman–Crippen MR) is 81.2 cm³/mol. The van der Waals surface area contributed by atoms with Gasteiger partial charge in [-0.1, -0.05) is 6.07 Å². The Bertz CT molecular complexity index is 594. The van der Waals surface area contributed by atoms with Crippen molar-refractivity contribution in [2.24, 2.45) is 0 Å². The summed E-state index contributed by atoms with van der Waals surface area (Å²) in [6, 6.07) is 10.4. The Balaban J connectivity index is 2.13. The highest BCUT2D eigenvalue weighted by molar-refractivity contribution is 9.10. The largest absolute Gasteiger partial charge is 0.497 e. The second kappa shape index (κ2) is 5.39. The third kappa shape index (κ3) is 2.42. The average Bonchev–Trinajstić information content (AvgIpc) is 2.47. The molecule has 0 bridgehead atoms. The fourth-order valence-electron chi connectivity index (χ4n) is 2.50. The first-order chi connectivity index (χ1) is 9.29. The summed E-state index contributed by atoms with van der Waals surface area (Å²) in [5.41, 5.74) is 1.25. The lowest BCUT2D eigenvalue weighted by atomic mass is 10.1. The molecule has 0 saturated carbocycles. The van der Waals surface area contributed by atoms with Gasteiger partial charge in [-0.25, -0.2) is 0 Å². The zero-order chi connectivity index (χ0) is 13.2. The van der Waals surface area contributed by atoms with E-state index in [0.29, 0.717) is 0 Å². The Morgan fingerprint density at radius 3 is 2.68 bits per heavy atom. The lowest BCUT2D eigenvalue weighted by molar-refractivity contribution is 0.123. The fraction of sp³-hybridized carbons (Fsp3) is 0.333. The molecule has 0 amide bonds. The standard InChI is InChI=1S/C15H16BrNO2/c1-18-12-3-4-13-11(10-12)2-5-14(16)15(13)17-6-8-19-9-7-17/h2-5,10H,6-9H2,1H3. The van der Waals surface area contributed by atoms with Crippen molar-refractivity contribution >= 4 is 32.4 Å². The van der Waals surface area contributed by atoms with Gasteiger partial charge in [-0.3, -0.25) is 0 Å². The van der Waals surface area contributed by atoms with Gasteiger partial charge in [-0.2, -0.15) is 0 Å². The Morgan fingerprint density at radius 1 is 1.16 bits per heavy atom. The zero-order valence-corrected chi connectivity index (χ0v) is 12.4. The van der Waals surface area contributed by atoms with Crippen LogP contribution >= 0.6 is 15.9 Å². The van der Waals surface area contributed by atoms with Crippen LogP contribution in [0.25, 0.3) is 10.8 Å². The second-order valence-corrected chi connectivity index (χ2v) is 5.44. The third-order valence-electron chi connectivity index (χ3n) is 3.48. The molecule has 0 aromatic heterocycles. The van der Waals surface area contributed by atoms with Crippen LogP contribution in [-0.4, -0.2) is 33.4 Å². The maximum Gasteiger partial charge on any atom is 0.119 e. The summed E-state index contributed by atoms with van der Waals surface area (Å²) in [5, 5.41) is 2.45. The van der Waals surface area contributed by atoms with Crippen LogP contribution in [0.1, 0.15) is 0 Å². The monoisotopic (exact) mass is 321 g/mol. The number of hydrogen-bond donors (Lipinski definition) is 0. The van der Waals surface area contributed by atoms with Crippen molar-refractivity contribution in [1.82, 2.24) is 0 Å². The first-order valence-corrected chi connectivity index (χ1v) is 7.18. The molecular weight excluding hydrogens is 306 g/mol. The maximum atomic E-state index is 5.43. The van der Waals surface area contributed by atoms with Crippen LogP contribution < -0.4 is 9.64 Å². The topological polar surface area (TPSA) is 21.7 Å². The zero-order valence-electron chi connectivity index (χ0n) is 10.9. The molecule has 3 nitrogen and oxygen atoms in total. The number of nitrogens with zero attached hydrogens (tertiary/aromatic N) is 1. The second-order valence-electron chi connectivity index (χ2n) is 4.58. The van der Waals surface area contributed by atoms with Crippen LogP contribution in [0.2, 0.25) is 0 Å². The third-order valence-corrected chi connectivity index (χ3v) is 4.12. The minimum atomic E-state index is 0.791. The highest BCUT2D eigenvalue weighted by Crippen LogP contribution is 2.36. The molecule has 1 saturated heterocycles. The molecule has 100 valence electrons. The Kier molecular flexibility index (Phi) is 3.62. The van der Waals surface area contributed by atoms with Gasteiger partial charge in [0.25, 0.3) is 0 Å². The minimum absolute atomic E-state index is 0.791. The van der Waals surface area contributed by atoms with E-state index in [2.05, 4.69) is 45.1 Å². The summed E-state index contributed by atoms with van der Waals surface area (Å²) in [6.07, 6.45) is 0. The van der Waals surface area contributed by atoms with Gasteiger partial charge in [0.05, 0.1) is 26.0 Å². The van der Waals surface area contributed by atoms with Crippen molar-refractivity contribution < 1.29 is 9.47 Å². The Labute approximate surface area is 121 Å². The van der Waals surface area contributed by atoms with Crippen LogP contribution in [0.3, 0.4) is 0 Å². The molecule has 1 fully saturated rings. The van der Waals surface area contributed by atoms with Crippen molar-refractivity contribution in [3.8, 4) is 5.75 Å². The maximum absolute atomic E-state index is 5.43. The predicted octanol–water partition coefficient (Wildman–Crippen LogP) is 3.45. The van der Waals surface area contributed by atoms with Gasteiger partial charge in [-0.05, 0) is 45.6 Å². The number of anilines is 1. The van der Waals surface area contributed by atoms with Crippen LogP contribution in [-0.2, 0) is 4.74 Å². The van der Waals surface area contributed by atoms with E-state index in [0.717, 1.165) is 36.5 Å². The van der Waals surface area contributed by atoms with Crippen LogP contribution in [0, 0.1) is 0 Å². The SMILES string of the molecule is COc1ccc2c(N3CCOCC3)c(Br)ccc2c1. The first-order valence-electron chi connectivity index (χ1n) is 6.38. The number of benzene rings is 2. The van der Waals surface area contributed by atoms with Crippen molar-refractivity contribution in [2.45, 2.75) is 0 Å². The summed E-state index contributed by atoms with van der Waals surface area (Å²) in [6.45, 7) is 3.45. The molecule has 0 atom stereocenters. The van der Waals surface area contributed by atoms with E-state index in [4.69, 9.17) is 9.47 Å². The van der Waals surface area contributed by atoms with Gasteiger partial charge in [0.15, 0.2) is 0 Å². The summed E-state index contributed by atoms with van der Waals surface area (Å²) >= 11 is 3.67. The smallest absolute Gasteiger partial charge is 0.119 e. The van der Waals surface area contributed by atoms with E-state index < -0.39 is 0 Å². The first kappa shape index (κ1) is 12.8. The van der Waals surface area contributed by atoms with Gasteiger partial charge < -0.3 is 14.4 Å². The normalized spacial score (nSPS) is 15.8. The van der Waals surface area contributed by atoms with Crippen LogP contribution in [0.15, 0.2) is 34.8 Å². The molecule has 3 rings (SSSR count). The molecule has 4 heteroatoms. The molecule has 0 unspecified atom stereocenters. The summed E-state index contributed by atoms with van der Waals surface area (Å²) in [5.74, 6) is 0.891. The Morgan fingerprint density at radius 2 is 1.95 bits per heavy atom. The Hall–Kier alpha value is -1.26. The molecule has 1 aliphatic heterocycles. The number of methoxy groups -OCH3 is 1. The lowest BCUT2D eigenvalue weighted by Gasteiger charge is -2.30. The fourth-order valence-corrected chi connectivity index (χ4v) is 3.10. The van der Waals surface area contributed by atoms with Gasteiger partial charge >= 0.3 is 0 Å². The summed E-state index contributed by atoms with van der Waals surface area (Å²) in [7, 11) is 1.70. The highest BCUT2D eigenvalue weighted by atomic mass is 79.9. The van der Waals surface area contributed by atoms with E-state index in [9.17, 15) is 0 Å². The molecule has 19 heavy (non-hydrogen) atoms. The van der Waals surface area contributed by atoms with Crippen molar-refractivity contribution in [3.63, 3.8) is 0 Å². The molecule has 1 heterocycles. The molecule has 0 radical (unpaired) electrons. The van der Waals surface area contributed by atoms with Gasteiger partial charge in [0, 0.05) is 22.9 Å². The van der Waals surface area contributed by atoms with Gasteiger partial charge in [-0.15, -0.1) is 0 Å². The van der Waals surface area contributed by atoms with Crippen molar-refractivity contribution in [2.75, 3.05) is 38.3 Å². The summed E-state index contributed by atoms with van der Waals surface area (Å²) in [4.78, 5) is 2.38. The number of halogens is 1. The molecule has 2 aromatic rings. The number of morpholine rings is 1. The number of fused-ring (bicyclic) bond motifs is 1. The molecule has 2 aromatic carbocycles. The van der Waals surface area contributed by atoms with Crippen LogP contribution in [0.4, 0.5) is 5.69 Å². The quantitative estimate of drug-likeness (QED) is 0.845. The van der Waals surface area contributed by atoms with E-state index in [1.165, 1.54) is 16.5 Å². The highest BCUT2D eigenvalue weighted by Gasteiger charge is 2.16. The minimum Gasteiger partial charge on any atom is -0.497 e. The summed E-state index contributed by atoms with van der Waals surface area (Å²) < 4.78 is 11.9. The molecule has 1 aliphatic rings. The molecule has 0 spiro atoms. The molecule has 0 N–H and O–H groups in total. The number of rotatable bonds is 2. The van der Waals surface area contributed by atoms with Gasteiger partial charge in [0.2, 0.25) is 0 Å². The van der Waals surface area contributed by atoms with Gasteiger partial charge in [0.1, 0.15) is 5.75 Å². The number of hydrogen-bond acceptors (Lipinski definition) is 3. The molecular formula is C15H16BrNO2. The van der Waals surface area contributed by atoms with Crippen molar-refractivity contribution in [3.05, 3.63) is 34.8 Å². The van der Waals surface area contributed by atoms with E-state index in [-0.39, 0.29) is 0 Å². The van der Waals surface area contributed by atoms with Crippen molar-refractivity contribution in [1.29, 1.82) is 0 Å². The van der Waals surface area contributed by atoms with E-state index in [1.807, 2.05) is 6.07 Å². The van der Waals surface area contributed by atoms with E-state index in [1.54, 1.807) is 7.11 Å². The average molecular weight is 322 g/mol. The lowest BCUT2D eigenvalue weighted by Crippen LogP contribution is -2.36. The van der Waals surface area contributed by atoms with Crippen LogP contribution in [0.5, 0.6) is 5.75 Å².